The Balaban J connectivity index is 1.44. The van der Waals surface area contributed by atoms with Gasteiger partial charge in [-0.3, -0.25) is 4.79 Å². The van der Waals surface area contributed by atoms with Crippen molar-refractivity contribution in [3.05, 3.63) is 30.3 Å². The van der Waals surface area contributed by atoms with Crippen LogP contribution in [0.15, 0.2) is 30.3 Å². The molecule has 2 heteroatoms. The summed E-state index contributed by atoms with van der Waals surface area (Å²) in [4.78, 5) is 12.3. The number of hydrogen-bond acceptors (Lipinski definition) is 2. The minimum Gasteiger partial charge on any atom is -0.426 e. The lowest BCUT2D eigenvalue weighted by Crippen LogP contribution is -2.30. The van der Waals surface area contributed by atoms with Crippen molar-refractivity contribution in [1.82, 2.24) is 0 Å². The molecule has 0 radical (unpaired) electrons. The molecule has 0 unspecified atom stereocenters. The first kappa shape index (κ1) is 16.5. The van der Waals surface area contributed by atoms with Gasteiger partial charge in [-0.2, -0.15) is 0 Å². The second kappa shape index (κ2) is 7.99. The Morgan fingerprint density at radius 1 is 0.913 bits per heavy atom. The molecule has 0 aliphatic heterocycles. The van der Waals surface area contributed by atoms with Gasteiger partial charge in [0.1, 0.15) is 5.75 Å². The molecule has 2 aliphatic rings. The van der Waals surface area contributed by atoms with Gasteiger partial charge in [-0.1, -0.05) is 44.4 Å². The first-order valence-corrected chi connectivity index (χ1v) is 9.53. The summed E-state index contributed by atoms with van der Waals surface area (Å²) in [5, 5.41) is 0. The zero-order chi connectivity index (χ0) is 16.1. The highest BCUT2D eigenvalue weighted by Gasteiger charge is 2.33. The zero-order valence-electron chi connectivity index (χ0n) is 14.4. The Labute approximate surface area is 140 Å². The van der Waals surface area contributed by atoms with Crippen LogP contribution in [-0.2, 0) is 4.79 Å². The fraction of sp³-hybridized carbons (Fsp3) is 0.667. The Bertz CT molecular complexity index is 480. The number of ether oxygens (including phenoxy) is 1. The van der Waals surface area contributed by atoms with E-state index >= 15 is 0 Å². The van der Waals surface area contributed by atoms with E-state index < -0.39 is 0 Å². The Hall–Kier alpha value is -1.31. The van der Waals surface area contributed by atoms with Crippen LogP contribution in [0.4, 0.5) is 0 Å². The molecular weight excluding hydrogens is 284 g/mol. The number of carbonyl (C=O) groups excluding carboxylic acids is 1. The Morgan fingerprint density at radius 2 is 1.48 bits per heavy atom. The number of carbonyl (C=O) groups is 1. The van der Waals surface area contributed by atoms with Gasteiger partial charge in [-0.15, -0.1) is 0 Å². The molecule has 0 N–H and O–H groups in total. The van der Waals surface area contributed by atoms with E-state index in [1.807, 2.05) is 30.3 Å². The smallest absolute Gasteiger partial charge is 0.314 e. The summed E-state index contributed by atoms with van der Waals surface area (Å²) in [6, 6.07) is 9.47. The van der Waals surface area contributed by atoms with Crippen LogP contribution in [0.2, 0.25) is 0 Å². The predicted molar refractivity (Wildman–Crippen MR) is 93.3 cm³/mol. The van der Waals surface area contributed by atoms with E-state index in [4.69, 9.17) is 4.74 Å². The van der Waals surface area contributed by atoms with Crippen molar-refractivity contribution >= 4 is 5.97 Å². The van der Waals surface area contributed by atoms with Crippen molar-refractivity contribution in [3.63, 3.8) is 0 Å². The van der Waals surface area contributed by atoms with E-state index in [0.717, 1.165) is 30.6 Å². The predicted octanol–water partition coefficient (Wildman–Crippen LogP) is 5.61. The quantitative estimate of drug-likeness (QED) is 0.533. The maximum atomic E-state index is 12.3. The van der Waals surface area contributed by atoms with E-state index in [9.17, 15) is 4.79 Å². The fourth-order valence-electron chi connectivity index (χ4n) is 4.58. The van der Waals surface area contributed by atoms with Crippen molar-refractivity contribution in [2.75, 3.05) is 0 Å². The minimum absolute atomic E-state index is 0.0238. The molecule has 2 nitrogen and oxygen atoms in total. The lowest BCUT2D eigenvalue weighted by atomic mass is 9.69. The van der Waals surface area contributed by atoms with Crippen LogP contribution in [0.25, 0.3) is 0 Å². The number of para-hydroxylation sites is 1. The van der Waals surface area contributed by atoms with Crippen LogP contribution < -0.4 is 4.74 Å². The van der Waals surface area contributed by atoms with Crippen molar-refractivity contribution in [3.8, 4) is 5.75 Å². The number of esters is 1. The van der Waals surface area contributed by atoms with Crippen LogP contribution in [0, 0.1) is 23.7 Å². The van der Waals surface area contributed by atoms with Gasteiger partial charge in [-0.05, 0) is 68.4 Å². The molecule has 0 heterocycles. The van der Waals surface area contributed by atoms with Crippen LogP contribution in [-0.4, -0.2) is 5.97 Å². The van der Waals surface area contributed by atoms with Crippen LogP contribution in [0.5, 0.6) is 5.75 Å². The Kier molecular flexibility index (Phi) is 5.75. The molecule has 2 fully saturated rings. The average Bonchev–Trinajstić information content (AvgIpc) is 2.63. The van der Waals surface area contributed by atoms with Crippen LogP contribution in [0.3, 0.4) is 0 Å². The Morgan fingerprint density at radius 3 is 2.04 bits per heavy atom. The molecule has 1 aromatic rings. The SMILES string of the molecule is CCC1CCC(C2CCC(C(=O)Oc3ccccc3)CC2)CC1. The van der Waals surface area contributed by atoms with E-state index in [2.05, 4.69) is 6.92 Å². The molecule has 2 saturated carbocycles. The molecule has 1 aromatic carbocycles. The lowest BCUT2D eigenvalue weighted by molar-refractivity contribution is -0.140. The van der Waals surface area contributed by atoms with Gasteiger partial charge in [0.05, 0.1) is 5.92 Å². The maximum absolute atomic E-state index is 12.3. The lowest BCUT2D eigenvalue weighted by Gasteiger charge is -2.37. The number of hydrogen-bond donors (Lipinski definition) is 0. The van der Waals surface area contributed by atoms with E-state index in [1.54, 1.807) is 0 Å². The summed E-state index contributed by atoms with van der Waals surface area (Å²) in [5.41, 5.74) is 0. The molecule has 126 valence electrons. The first-order valence-electron chi connectivity index (χ1n) is 9.53. The van der Waals surface area contributed by atoms with Gasteiger partial charge in [-0.25, -0.2) is 0 Å². The highest BCUT2D eigenvalue weighted by Crippen LogP contribution is 2.42. The second-order valence-electron chi connectivity index (χ2n) is 7.53. The average molecular weight is 314 g/mol. The maximum Gasteiger partial charge on any atom is 0.314 e. The molecule has 2 aliphatic carbocycles. The molecule has 0 aromatic heterocycles. The van der Waals surface area contributed by atoms with Gasteiger partial charge in [0, 0.05) is 0 Å². The number of rotatable bonds is 4. The van der Waals surface area contributed by atoms with Crippen molar-refractivity contribution in [2.24, 2.45) is 23.7 Å². The minimum atomic E-state index is -0.0238. The third-order valence-electron chi connectivity index (χ3n) is 6.20. The highest BCUT2D eigenvalue weighted by molar-refractivity contribution is 5.75. The van der Waals surface area contributed by atoms with E-state index in [1.165, 1.54) is 44.9 Å². The van der Waals surface area contributed by atoms with Gasteiger partial charge in [0.15, 0.2) is 0 Å². The fourth-order valence-corrected chi connectivity index (χ4v) is 4.58. The van der Waals surface area contributed by atoms with Crippen LogP contribution >= 0.6 is 0 Å². The summed E-state index contributed by atoms with van der Waals surface area (Å²) in [7, 11) is 0. The standard InChI is InChI=1S/C21H30O2/c1-2-16-8-10-17(11-9-16)18-12-14-19(15-13-18)21(22)23-20-6-4-3-5-7-20/h3-7,16-19H,2,8-15H2,1H3. The van der Waals surface area contributed by atoms with E-state index in [-0.39, 0.29) is 11.9 Å². The molecule has 3 rings (SSSR count). The van der Waals surface area contributed by atoms with Gasteiger partial charge in [0.25, 0.3) is 0 Å². The third-order valence-corrected chi connectivity index (χ3v) is 6.20. The van der Waals surface area contributed by atoms with Crippen molar-refractivity contribution in [1.29, 1.82) is 0 Å². The van der Waals surface area contributed by atoms with Crippen molar-refractivity contribution < 1.29 is 9.53 Å². The van der Waals surface area contributed by atoms with Crippen molar-refractivity contribution in [2.45, 2.75) is 64.7 Å². The van der Waals surface area contributed by atoms with Gasteiger partial charge >= 0.3 is 5.97 Å². The highest BCUT2D eigenvalue weighted by atomic mass is 16.5. The third kappa shape index (κ3) is 4.37. The molecule has 0 amide bonds. The summed E-state index contributed by atoms with van der Waals surface area (Å²) < 4.78 is 5.52. The zero-order valence-corrected chi connectivity index (χ0v) is 14.4. The largest absolute Gasteiger partial charge is 0.426 e. The van der Waals surface area contributed by atoms with Gasteiger partial charge < -0.3 is 4.74 Å². The molecule has 0 atom stereocenters. The monoisotopic (exact) mass is 314 g/mol. The summed E-state index contributed by atoms with van der Waals surface area (Å²) >= 11 is 0. The molecule has 23 heavy (non-hydrogen) atoms. The molecule has 0 bridgehead atoms. The molecule has 0 saturated heterocycles. The van der Waals surface area contributed by atoms with Crippen LogP contribution in [0.1, 0.15) is 64.7 Å². The number of benzene rings is 1. The normalized spacial score (nSPS) is 31.5. The summed E-state index contributed by atoms with van der Waals surface area (Å²) in [5.74, 6) is 3.52. The first-order chi connectivity index (χ1) is 11.3. The summed E-state index contributed by atoms with van der Waals surface area (Å²) in [6.07, 6.45) is 11.5. The molecule has 0 spiro atoms. The second-order valence-corrected chi connectivity index (χ2v) is 7.53. The molecular formula is C21H30O2. The topological polar surface area (TPSA) is 26.3 Å². The summed E-state index contributed by atoms with van der Waals surface area (Å²) in [6.45, 7) is 2.33. The van der Waals surface area contributed by atoms with Gasteiger partial charge in [0.2, 0.25) is 0 Å². The van der Waals surface area contributed by atoms with E-state index in [0.29, 0.717) is 5.75 Å².